The number of hydrogen-bond acceptors (Lipinski definition) is 5. The van der Waals surface area contributed by atoms with Gasteiger partial charge in [-0.1, -0.05) is 13.3 Å². The summed E-state index contributed by atoms with van der Waals surface area (Å²) in [5.74, 6) is -1.37. The molecule has 0 aromatic rings. The van der Waals surface area contributed by atoms with Crippen LogP contribution in [-0.2, 0) is 19.1 Å². The molecule has 0 rings (SSSR count). The summed E-state index contributed by atoms with van der Waals surface area (Å²) in [6, 6.07) is 0. The van der Waals surface area contributed by atoms with Crippen LogP contribution in [0.3, 0.4) is 0 Å². The zero-order valence-corrected chi connectivity index (χ0v) is 8.93. The fourth-order valence-electron chi connectivity index (χ4n) is 0.709. The fraction of sp³-hybridized carbons (Fsp3) is 0.600. The van der Waals surface area contributed by atoms with Crippen LogP contribution in [0.4, 0.5) is 0 Å². The molecule has 0 aromatic carbocycles. The summed E-state index contributed by atoms with van der Waals surface area (Å²) < 4.78 is 9.09. The topological polar surface area (TPSA) is 72.8 Å². The number of aliphatic hydroxyl groups is 1. The molecule has 0 aromatic heterocycles. The summed E-state index contributed by atoms with van der Waals surface area (Å²) in [6.07, 6.45) is 2.43. The van der Waals surface area contributed by atoms with Gasteiger partial charge in [0.1, 0.15) is 0 Å². The molecule has 0 spiro atoms. The van der Waals surface area contributed by atoms with Crippen LogP contribution in [0, 0.1) is 0 Å². The van der Waals surface area contributed by atoms with Crippen molar-refractivity contribution in [1.82, 2.24) is 0 Å². The summed E-state index contributed by atoms with van der Waals surface area (Å²) >= 11 is 0. The van der Waals surface area contributed by atoms with Gasteiger partial charge in [0.2, 0.25) is 0 Å². The summed E-state index contributed by atoms with van der Waals surface area (Å²) in [7, 11) is 0. The molecular weight excluding hydrogens is 200 g/mol. The monoisotopic (exact) mass is 216 g/mol. The predicted octanol–water partition coefficient (Wildman–Crippen LogP) is 0.767. The first-order valence-corrected chi connectivity index (χ1v) is 4.79. The lowest BCUT2D eigenvalue weighted by atomic mass is 10.4. The highest BCUT2D eigenvalue weighted by Gasteiger charge is 2.03. The van der Waals surface area contributed by atoms with Crippen molar-refractivity contribution in [3.05, 3.63) is 12.2 Å². The van der Waals surface area contributed by atoms with E-state index in [-0.39, 0.29) is 0 Å². The SMILES string of the molecule is CCCCOC(=O)/C=C/C(=O)OC(C)O. The minimum absolute atomic E-state index is 0.338. The van der Waals surface area contributed by atoms with Gasteiger partial charge in [0.15, 0.2) is 6.29 Å². The molecule has 0 bridgehead atoms. The molecule has 0 aliphatic carbocycles. The molecule has 1 unspecified atom stereocenters. The van der Waals surface area contributed by atoms with Gasteiger partial charge < -0.3 is 14.6 Å². The second-order valence-corrected chi connectivity index (χ2v) is 2.89. The summed E-state index contributed by atoms with van der Waals surface area (Å²) in [4.78, 5) is 21.7. The maximum Gasteiger partial charge on any atom is 0.333 e. The van der Waals surface area contributed by atoms with Crippen molar-refractivity contribution in [3.8, 4) is 0 Å². The summed E-state index contributed by atoms with van der Waals surface area (Å²) in [5, 5.41) is 8.67. The number of carbonyl (C=O) groups excluding carboxylic acids is 2. The van der Waals surface area contributed by atoms with Crippen LogP contribution in [0.1, 0.15) is 26.7 Å². The molecule has 5 heteroatoms. The van der Waals surface area contributed by atoms with Gasteiger partial charge in [0, 0.05) is 12.2 Å². The highest BCUT2D eigenvalue weighted by molar-refractivity contribution is 5.91. The fourth-order valence-corrected chi connectivity index (χ4v) is 0.709. The second kappa shape index (κ2) is 7.99. The summed E-state index contributed by atoms with van der Waals surface area (Å²) in [5.41, 5.74) is 0. The Morgan fingerprint density at radius 1 is 1.33 bits per heavy atom. The molecule has 0 aliphatic rings. The Morgan fingerprint density at radius 3 is 2.47 bits per heavy atom. The second-order valence-electron chi connectivity index (χ2n) is 2.89. The Bertz CT molecular complexity index is 232. The molecular formula is C10H16O5. The van der Waals surface area contributed by atoms with E-state index >= 15 is 0 Å². The van der Waals surface area contributed by atoms with E-state index in [1.54, 1.807) is 0 Å². The average Bonchev–Trinajstić information content (AvgIpc) is 2.14. The molecule has 0 saturated heterocycles. The third-order valence-electron chi connectivity index (χ3n) is 1.38. The van der Waals surface area contributed by atoms with Gasteiger partial charge in [0.05, 0.1) is 6.61 Å². The molecule has 0 aliphatic heterocycles. The number of rotatable bonds is 6. The molecule has 0 saturated carbocycles. The zero-order chi connectivity index (χ0) is 11.7. The van der Waals surface area contributed by atoms with Crippen molar-refractivity contribution < 1.29 is 24.2 Å². The first-order valence-electron chi connectivity index (χ1n) is 4.79. The van der Waals surface area contributed by atoms with E-state index in [4.69, 9.17) is 9.84 Å². The first kappa shape index (κ1) is 13.6. The van der Waals surface area contributed by atoms with Gasteiger partial charge in [-0.25, -0.2) is 9.59 Å². The Balaban J connectivity index is 3.74. The number of carbonyl (C=O) groups is 2. The van der Waals surface area contributed by atoms with Crippen molar-refractivity contribution >= 4 is 11.9 Å². The third kappa shape index (κ3) is 8.96. The van der Waals surface area contributed by atoms with E-state index in [0.29, 0.717) is 6.61 Å². The highest BCUT2D eigenvalue weighted by atomic mass is 16.6. The van der Waals surface area contributed by atoms with E-state index in [9.17, 15) is 9.59 Å². The van der Waals surface area contributed by atoms with Crippen LogP contribution in [0.15, 0.2) is 12.2 Å². The van der Waals surface area contributed by atoms with Crippen molar-refractivity contribution in [2.45, 2.75) is 33.0 Å². The number of esters is 2. The number of ether oxygens (including phenoxy) is 2. The largest absolute Gasteiger partial charge is 0.463 e. The standard InChI is InChI=1S/C10H16O5/c1-3-4-7-14-9(12)5-6-10(13)15-8(2)11/h5-6,8,11H,3-4,7H2,1-2H3/b6-5+. The van der Waals surface area contributed by atoms with E-state index in [1.807, 2.05) is 6.92 Å². The lowest BCUT2D eigenvalue weighted by Gasteiger charge is -2.02. The maximum absolute atomic E-state index is 10.9. The van der Waals surface area contributed by atoms with Crippen LogP contribution < -0.4 is 0 Å². The number of hydrogen-bond donors (Lipinski definition) is 1. The Hall–Kier alpha value is -1.36. The molecule has 0 amide bonds. The lowest BCUT2D eigenvalue weighted by molar-refractivity contribution is -0.158. The van der Waals surface area contributed by atoms with Crippen molar-refractivity contribution in [2.24, 2.45) is 0 Å². The normalized spacial score (nSPS) is 12.5. The highest BCUT2D eigenvalue weighted by Crippen LogP contribution is 1.91. The summed E-state index contributed by atoms with van der Waals surface area (Å²) in [6.45, 7) is 3.61. The smallest absolute Gasteiger partial charge is 0.333 e. The third-order valence-corrected chi connectivity index (χ3v) is 1.38. The Labute approximate surface area is 88.7 Å². The van der Waals surface area contributed by atoms with E-state index in [1.165, 1.54) is 6.92 Å². The van der Waals surface area contributed by atoms with E-state index < -0.39 is 18.2 Å². The van der Waals surface area contributed by atoms with Crippen LogP contribution in [0.5, 0.6) is 0 Å². The number of aliphatic hydroxyl groups excluding tert-OH is 1. The van der Waals surface area contributed by atoms with Crippen molar-refractivity contribution in [3.63, 3.8) is 0 Å². The van der Waals surface area contributed by atoms with Gasteiger partial charge >= 0.3 is 11.9 Å². The van der Waals surface area contributed by atoms with Crippen molar-refractivity contribution in [1.29, 1.82) is 0 Å². The minimum Gasteiger partial charge on any atom is -0.463 e. The van der Waals surface area contributed by atoms with Crippen LogP contribution >= 0.6 is 0 Å². The molecule has 1 N–H and O–H groups in total. The lowest BCUT2D eigenvalue weighted by Crippen LogP contribution is -2.12. The Kier molecular flexibility index (Phi) is 7.27. The quantitative estimate of drug-likeness (QED) is 0.307. The Morgan fingerprint density at radius 2 is 1.93 bits per heavy atom. The van der Waals surface area contributed by atoms with Gasteiger partial charge in [-0.3, -0.25) is 0 Å². The molecule has 0 radical (unpaired) electrons. The zero-order valence-electron chi connectivity index (χ0n) is 8.93. The van der Waals surface area contributed by atoms with E-state index in [2.05, 4.69) is 4.74 Å². The predicted molar refractivity (Wildman–Crippen MR) is 52.8 cm³/mol. The molecule has 1 atom stereocenters. The van der Waals surface area contributed by atoms with Gasteiger partial charge in [-0.2, -0.15) is 0 Å². The van der Waals surface area contributed by atoms with Gasteiger partial charge in [-0.15, -0.1) is 0 Å². The van der Waals surface area contributed by atoms with Crippen LogP contribution in [0.2, 0.25) is 0 Å². The van der Waals surface area contributed by atoms with Crippen LogP contribution in [0.25, 0.3) is 0 Å². The van der Waals surface area contributed by atoms with Gasteiger partial charge in [0.25, 0.3) is 0 Å². The van der Waals surface area contributed by atoms with Gasteiger partial charge in [-0.05, 0) is 13.3 Å². The molecule has 0 heterocycles. The molecule has 5 nitrogen and oxygen atoms in total. The number of unbranched alkanes of at least 4 members (excludes halogenated alkanes) is 1. The molecule has 0 fully saturated rings. The van der Waals surface area contributed by atoms with E-state index in [0.717, 1.165) is 25.0 Å². The van der Waals surface area contributed by atoms with Crippen molar-refractivity contribution in [2.75, 3.05) is 6.61 Å². The minimum atomic E-state index is -1.18. The molecule has 15 heavy (non-hydrogen) atoms. The maximum atomic E-state index is 10.9. The first-order chi connectivity index (χ1) is 7.06. The average molecular weight is 216 g/mol. The molecule has 86 valence electrons. The van der Waals surface area contributed by atoms with Crippen LogP contribution in [-0.4, -0.2) is 29.9 Å².